The van der Waals surface area contributed by atoms with E-state index >= 15 is 0 Å². The molecule has 1 N–H and O–H groups in total. The van der Waals surface area contributed by atoms with E-state index in [9.17, 15) is 4.79 Å². The Morgan fingerprint density at radius 2 is 2.20 bits per heavy atom. The predicted molar refractivity (Wildman–Crippen MR) is 65.8 cm³/mol. The molecule has 0 amide bonds. The van der Waals surface area contributed by atoms with E-state index in [4.69, 9.17) is 12.2 Å². The van der Waals surface area contributed by atoms with Gasteiger partial charge in [-0.05, 0) is 32.0 Å². The Morgan fingerprint density at radius 1 is 1.60 bits per heavy atom. The molecule has 0 bridgehead atoms. The van der Waals surface area contributed by atoms with Crippen LogP contribution in [0.3, 0.4) is 0 Å². The van der Waals surface area contributed by atoms with Gasteiger partial charge in [0.15, 0.2) is 5.11 Å². The molecule has 0 aliphatic carbocycles. The van der Waals surface area contributed by atoms with Crippen LogP contribution in [-0.4, -0.2) is 35.4 Å². The summed E-state index contributed by atoms with van der Waals surface area (Å²) < 4.78 is 0. The second-order valence-electron chi connectivity index (χ2n) is 3.85. The average molecular weight is 226 g/mol. The van der Waals surface area contributed by atoms with Crippen molar-refractivity contribution in [3.8, 4) is 0 Å². The molecule has 0 aromatic carbocycles. The van der Waals surface area contributed by atoms with Crippen LogP contribution in [0.2, 0.25) is 0 Å². The van der Waals surface area contributed by atoms with Crippen molar-refractivity contribution in [1.29, 1.82) is 0 Å². The molecular weight excluding hydrogens is 208 g/mol. The Bertz CT molecular complexity index is 257. The second kappa shape index (κ2) is 5.85. The standard InChI is InChI=1S/C11H18N2OS/c1-3-6-12-11(15)13-7-4-10(5-8-13)9(2)14/h3,10H,1,4-8H2,2H3,(H,12,15). The molecule has 1 heterocycles. The normalized spacial score (nSPS) is 17.3. The largest absolute Gasteiger partial charge is 0.359 e. The second-order valence-corrected chi connectivity index (χ2v) is 4.23. The average Bonchev–Trinajstić information content (AvgIpc) is 2.26. The molecule has 0 spiro atoms. The van der Waals surface area contributed by atoms with Crippen molar-refractivity contribution in [1.82, 2.24) is 10.2 Å². The lowest BCUT2D eigenvalue weighted by Gasteiger charge is -2.32. The molecule has 0 radical (unpaired) electrons. The number of likely N-dealkylation sites (tertiary alicyclic amines) is 1. The summed E-state index contributed by atoms with van der Waals surface area (Å²) in [5, 5.41) is 3.88. The lowest BCUT2D eigenvalue weighted by atomic mass is 9.94. The molecule has 3 nitrogen and oxygen atoms in total. The molecule has 1 aliphatic rings. The third kappa shape index (κ3) is 3.63. The highest BCUT2D eigenvalue weighted by atomic mass is 32.1. The summed E-state index contributed by atoms with van der Waals surface area (Å²) in [6.07, 6.45) is 3.63. The lowest BCUT2D eigenvalue weighted by molar-refractivity contribution is -0.121. The summed E-state index contributed by atoms with van der Waals surface area (Å²) in [4.78, 5) is 13.3. The van der Waals surface area contributed by atoms with Crippen molar-refractivity contribution in [2.24, 2.45) is 5.92 Å². The minimum absolute atomic E-state index is 0.239. The third-order valence-electron chi connectivity index (χ3n) is 2.75. The first-order valence-corrected chi connectivity index (χ1v) is 5.70. The fourth-order valence-corrected chi connectivity index (χ4v) is 2.03. The number of ketones is 1. The monoisotopic (exact) mass is 226 g/mol. The topological polar surface area (TPSA) is 32.3 Å². The Labute approximate surface area is 96.5 Å². The molecular formula is C11H18N2OS. The molecule has 0 saturated carbocycles. The van der Waals surface area contributed by atoms with E-state index in [-0.39, 0.29) is 5.92 Å². The van der Waals surface area contributed by atoms with Crippen molar-refractivity contribution < 1.29 is 4.79 Å². The van der Waals surface area contributed by atoms with Gasteiger partial charge in [-0.2, -0.15) is 0 Å². The lowest BCUT2D eigenvalue weighted by Crippen LogP contribution is -2.45. The molecule has 0 aromatic rings. The maximum atomic E-state index is 11.2. The van der Waals surface area contributed by atoms with Gasteiger partial charge in [-0.1, -0.05) is 6.08 Å². The first-order chi connectivity index (χ1) is 7.15. The molecule has 0 atom stereocenters. The van der Waals surface area contributed by atoms with Crippen molar-refractivity contribution in [3.05, 3.63) is 12.7 Å². The highest BCUT2D eigenvalue weighted by Crippen LogP contribution is 2.17. The molecule has 0 unspecified atom stereocenters. The molecule has 1 aliphatic heterocycles. The van der Waals surface area contributed by atoms with Crippen LogP contribution in [0.4, 0.5) is 0 Å². The minimum atomic E-state index is 0.239. The van der Waals surface area contributed by atoms with Crippen LogP contribution in [0.1, 0.15) is 19.8 Å². The maximum absolute atomic E-state index is 11.2. The number of nitrogens with zero attached hydrogens (tertiary/aromatic N) is 1. The first kappa shape index (κ1) is 12.2. The third-order valence-corrected chi connectivity index (χ3v) is 3.16. The molecule has 4 heteroatoms. The van der Waals surface area contributed by atoms with Crippen LogP contribution in [0.5, 0.6) is 0 Å². The number of piperidine rings is 1. The fraction of sp³-hybridized carbons (Fsp3) is 0.636. The van der Waals surface area contributed by atoms with Gasteiger partial charge in [0, 0.05) is 25.6 Å². The van der Waals surface area contributed by atoms with Gasteiger partial charge in [0.25, 0.3) is 0 Å². The highest BCUT2D eigenvalue weighted by Gasteiger charge is 2.23. The van der Waals surface area contributed by atoms with Crippen LogP contribution < -0.4 is 5.32 Å². The summed E-state index contributed by atoms with van der Waals surface area (Å²) in [6.45, 7) is 7.77. The van der Waals surface area contributed by atoms with E-state index in [0.717, 1.165) is 31.0 Å². The number of thiocarbonyl (C=S) groups is 1. The van der Waals surface area contributed by atoms with Crippen LogP contribution in [0, 0.1) is 5.92 Å². The molecule has 1 rings (SSSR count). The van der Waals surface area contributed by atoms with Gasteiger partial charge in [0.2, 0.25) is 0 Å². The maximum Gasteiger partial charge on any atom is 0.169 e. The zero-order chi connectivity index (χ0) is 11.3. The molecule has 0 aromatic heterocycles. The number of rotatable bonds is 3. The van der Waals surface area contributed by atoms with Crippen molar-refractivity contribution in [2.75, 3.05) is 19.6 Å². The van der Waals surface area contributed by atoms with Gasteiger partial charge >= 0.3 is 0 Å². The van der Waals surface area contributed by atoms with E-state index in [2.05, 4.69) is 16.8 Å². The number of carbonyl (C=O) groups is 1. The summed E-state index contributed by atoms with van der Waals surface area (Å²) in [5.74, 6) is 0.545. The molecule has 1 fully saturated rings. The summed E-state index contributed by atoms with van der Waals surface area (Å²) in [7, 11) is 0. The molecule has 84 valence electrons. The van der Waals surface area contributed by atoms with Gasteiger partial charge in [-0.25, -0.2) is 0 Å². The van der Waals surface area contributed by atoms with Crippen LogP contribution in [0.25, 0.3) is 0 Å². The van der Waals surface area contributed by atoms with Gasteiger partial charge in [-0.15, -0.1) is 6.58 Å². The minimum Gasteiger partial charge on any atom is -0.359 e. The number of carbonyl (C=O) groups excluding carboxylic acids is 1. The SMILES string of the molecule is C=CCNC(=S)N1CCC(C(C)=O)CC1. The fourth-order valence-electron chi connectivity index (χ4n) is 1.76. The van der Waals surface area contributed by atoms with Crippen molar-refractivity contribution >= 4 is 23.1 Å². The zero-order valence-electron chi connectivity index (χ0n) is 9.16. The zero-order valence-corrected chi connectivity index (χ0v) is 9.98. The Balaban J connectivity index is 2.33. The quantitative estimate of drug-likeness (QED) is 0.581. The Hall–Kier alpha value is -0.900. The van der Waals surface area contributed by atoms with Gasteiger partial charge in [0.1, 0.15) is 5.78 Å². The van der Waals surface area contributed by atoms with Crippen molar-refractivity contribution in [2.45, 2.75) is 19.8 Å². The van der Waals surface area contributed by atoms with Crippen molar-refractivity contribution in [3.63, 3.8) is 0 Å². The predicted octanol–water partition coefficient (Wildman–Crippen LogP) is 1.35. The van der Waals surface area contributed by atoms with E-state index in [0.29, 0.717) is 12.3 Å². The number of hydrogen-bond acceptors (Lipinski definition) is 2. The van der Waals surface area contributed by atoms with Crippen LogP contribution in [0.15, 0.2) is 12.7 Å². The van der Waals surface area contributed by atoms with Gasteiger partial charge in [-0.3, -0.25) is 4.79 Å². The number of hydrogen-bond donors (Lipinski definition) is 1. The first-order valence-electron chi connectivity index (χ1n) is 5.29. The van der Waals surface area contributed by atoms with Gasteiger partial charge in [0.05, 0.1) is 0 Å². The number of Topliss-reactive ketones (excluding diaryl/α,β-unsaturated/α-hetero) is 1. The van der Waals surface area contributed by atoms with Crippen LogP contribution >= 0.6 is 12.2 Å². The molecule has 15 heavy (non-hydrogen) atoms. The molecule has 1 saturated heterocycles. The van der Waals surface area contributed by atoms with E-state index in [1.165, 1.54) is 0 Å². The Morgan fingerprint density at radius 3 is 2.67 bits per heavy atom. The van der Waals surface area contributed by atoms with E-state index < -0.39 is 0 Å². The van der Waals surface area contributed by atoms with Crippen LogP contribution in [-0.2, 0) is 4.79 Å². The van der Waals surface area contributed by atoms with Gasteiger partial charge < -0.3 is 10.2 Å². The summed E-state index contributed by atoms with van der Waals surface area (Å²) in [5.41, 5.74) is 0. The van der Waals surface area contributed by atoms with E-state index in [1.807, 2.05) is 0 Å². The smallest absolute Gasteiger partial charge is 0.169 e. The summed E-state index contributed by atoms with van der Waals surface area (Å²) in [6, 6.07) is 0. The number of nitrogens with one attached hydrogen (secondary N) is 1. The highest BCUT2D eigenvalue weighted by molar-refractivity contribution is 7.80. The Kier molecular flexibility index (Phi) is 4.75. The summed E-state index contributed by atoms with van der Waals surface area (Å²) >= 11 is 5.23. The van der Waals surface area contributed by atoms with E-state index in [1.54, 1.807) is 13.0 Å².